The van der Waals surface area contributed by atoms with Gasteiger partial charge in [0.25, 0.3) is 0 Å². The minimum atomic E-state index is 0.610. The molecule has 0 aliphatic rings. The smallest absolute Gasteiger partial charge is 0.130 e. The zero-order valence-corrected chi connectivity index (χ0v) is 12.0. The second-order valence-corrected chi connectivity index (χ2v) is 5.11. The van der Waals surface area contributed by atoms with E-state index in [0.29, 0.717) is 6.54 Å². The number of hydrogen-bond donors (Lipinski definition) is 1. The van der Waals surface area contributed by atoms with Crippen molar-refractivity contribution in [3.8, 4) is 11.5 Å². The molecule has 106 valence electrons. The van der Waals surface area contributed by atoms with E-state index >= 15 is 0 Å². The fourth-order valence-corrected chi connectivity index (χ4v) is 2.40. The van der Waals surface area contributed by atoms with Crippen LogP contribution in [0.5, 0.6) is 11.5 Å². The van der Waals surface area contributed by atoms with Gasteiger partial charge in [0.05, 0.1) is 5.52 Å². The SMILES string of the molecule is Cc1ccc(Oc2ccc3cccnc3c2)c(CCN)c1. The van der Waals surface area contributed by atoms with Gasteiger partial charge >= 0.3 is 0 Å². The molecule has 0 atom stereocenters. The molecule has 3 heteroatoms. The maximum atomic E-state index is 6.03. The molecule has 1 heterocycles. The van der Waals surface area contributed by atoms with E-state index in [0.717, 1.165) is 34.4 Å². The van der Waals surface area contributed by atoms with Gasteiger partial charge in [0, 0.05) is 17.6 Å². The summed E-state index contributed by atoms with van der Waals surface area (Å²) < 4.78 is 6.03. The summed E-state index contributed by atoms with van der Waals surface area (Å²) in [6.07, 6.45) is 2.60. The van der Waals surface area contributed by atoms with E-state index in [1.54, 1.807) is 6.20 Å². The summed E-state index contributed by atoms with van der Waals surface area (Å²) in [5.41, 5.74) is 8.97. The van der Waals surface area contributed by atoms with Crippen molar-refractivity contribution in [3.05, 3.63) is 65.9 Å². The topological polar surface area (TPSA) is 48.1 Å². The Morgan fingerprint density at radius 3 is 2.86 bits per heavy atom. The summed E-state index contributed by atoms with van der Waals surface area (Å²) in [4.78, 5) is 4.36. The van der Waals surface area contributed by atoms with Gasteiger partial charge in [-0.1, -0.05) is 23.8 Å². The predicted octanol–water partition coefficient (Wildman–Crippen LogP) is 3.84. The molecule has 2 N–H and O–H groups in total. The van der Waals surface area contributed by atoms with E-state index in [9.17, 15) is 0 Å². The number of benzene rings is 2. The Hall–Kier alpha value is -2.39. The summed E-state index contributed by atoms with van der Waals surface area (Å²) in [6.45, 7) is 2.68. The third kappa shape index (κ3) is 3.03. The molecule has 0 unspecified atom stereocenters. The van der Waals surface area contributed by atoms with Gasteiger partial charge < -0.3 is 10.5 Å². The Morgan fingerprint density at radius 2 is 2.00 bits per heavy atom. The van der Waals surface area contributed by atoms with Crippen molar-refractivity contribution in [2.24, 2.45) is 5.73 Å². The molecule has 0 bridgehead atoms. The minimum Gasteiger partial charge on any atom is -0.457 e. The van der Waals surface area contributed by atoms with Crippen LogP contribution in [0.2, 0.25) is 0 Å². The van der Waals surface area contributed by atoms with Gasteiger partial charge in [0.15, 0.2) is 0 Å². The first-order chi connectivity index (χ1) is 10.3. The van der Waals surface area contributed by atoms with Crippen LogP contribution in [0.15, 0.2) is 54.7 Å². The Bertz CT molecular complexity index is 768. The lowest BCUT2D eigenvalue weighted by molar-refractivity contribution is 0.476. The Morgan fingerprint density at radius 1 is 1.10 bits per heavy atom. The van der Waals surface area contributed by atoms with Crippen molar-refractivity contribution in [2.45, 2.75) is 13.3 Å². The number of pyridine rings is 1. The van der Waals surface area contributed by atoms with Crippen molar-refractivity contribution >= 4 is 10.9 Å². The Balaban J connectivity index is 1.94. The highest BCUT2D eigenvalue weighted by molar-refractivity contribution is 5.79. The van der Waals surface area contributed by atoms with Crippen LogP contribution in [0.1, 0.15) is 11.1 Å². The van der Waals surface area contributed by atoms with Crippen LogP contribution in [-0.4, -0.2) is 11.5 Å². The van der Waals surface area contributed by atoms with Crippen LogP contribution < -0.4 is 10.5 Å². The zero-order chi connectivity index (χ0) is 14.7. The van der Waals surface area contributed by atoms with Crippen LogP contribution in [0.3, 0.4) is 0 Å². The van der Waals surface area contributed by atoms with E-state index in [1.165, 1.54) is 5.56 Å². The molecule has 21 heavy (non-hydrogen) atoms. The first-order valence-corrected chi connectivity index (χ1v) is 7.08. The monoisotopic (exact) mass is 278 g/mol. The molecule has 0 aliphatic carbocycles. The molecular weight excluding hydrogens is 260 g/mol. The lowest BCUT2D eigenvalue weighted by Gasteiger charge is -2.12. The van der Waals surface area contributed by atoms with Gasteiger partial charge in [-0.15, -0.1) is 0 Å². The van der Waals surface area contributed by atoms with Gasteiger partial charge in [-0.2, -0.15) is 0 Å². The maximum absolute atomic E-state index is 6.03. The molecule has 0 radical (unpaired) electrons. The number of aryl methyl sites for hydroxylation is 1. The molecule has 0 saturated heterocycles. The van der Waals surface area contributed by atoms with E-state index < -0.39 is 0 Å². The molecule has 2 aromatic carbocycles. The standard InChI is InChI=1S/C18H18N2O/c1-13-4-7-18(15(11-13)8-9-19)21-16-6-5-14-3-2-10-20-17(14)12-16/h2-7,10-12H,8-9,19H2,1H3. The Kier molecular flexibility index (Phi) is 3.84. The van der Waals surface area contributed by atoms with Crippen molar-refractivity contribution in [1.82, 2.24) is 4.98 Å². The Labute approximate surface area is 124 Å². The number of nitrogens with zero attached hydrogens (tertiary/aromatic N) is 1. The van der Waals surface area contributed by atoms with Gasteiger partial charge in [-0.05, 0) is 49.7 Å². The highest BCUT2D eigenvalue weighted by Crippen LogP contribution is 2.28. The van der Waals surface area contributed by atoms with Crippen LogP contribution in [0.25, 0.3) is 10.9 Å². The molecule has 0 fully saturated rings. The molecule has 0 aliphatic heterocycles. The zero-order valence-electron chi connectivity index (χ0n) is 12.0. The second-order valence-electron chi connectivity index (χ2n) is 5.11. The third-order valence-electron chi connectivity index (χ3n) is 3.43. The molecule has 3 rings (SSSR count). The highest BCUT2D eigenvalue weighted by Gasteiger charge is 2.06. The average Bonchev–Trinajstić information content (AvgIpc) is 2.50. The van der Waals surface area contributed by atoms with Gasteiger partial charge in [0.1, 0.15) is 11.5 Å². The first kappa shape index (κ1) is 13.6. The largest absolute Gasteiger partial charge is 0.457 e. The number of rotatable bonds is 4. The summed E-state index contributed by atoms with van der Waals surface area (Å²) in [7, 11) is 0. The van der Waals surface area contributed by atoms with Crippen LogP contribution >= 0.6 is 0 Å². The maximum Gasteiger partial charge on any atom is 0.130 e. The lowest BCUT2D eigenvalue weighted by atomic mass is 10.1. The fourth-order valence-electron chi connectivity index (χ4n) is 2.40. The number of ether oxygens (including phenoxy) is 1. The lowest BCUT2D eigenvalue weighted by Crippen LogP contribution is -2.04. The quantitative estimate of drug-likeness (QED) is 0.789. The van der Waals surface area contributed by atoms with Crippen molar-refractivity contribution < 1.29 is 4.74 Å². The normalized spacial score (nSPS) is 10.8. The number of nitrogens with two attached hydrogens (primary N) is 1. The van der Waals surface area contributed by atoms with Crippen LogP contribution in [0, 0.1) is 6.92 Å². The van der Waals surface area contributed by atoms with Crippen molar-refractivity contribution in [3.63, 3.8) is 0 Å². The summed E-state index contributed by atoms with van der Waals surface area (Å²) >= 11 is 0. The minimum absolute atomic E-state index is 0.610. The number of hydrogen-bond acceptors (Lipinski definition) is 3. The van der Waals surface area contributed by atoms with E-state index in [4.69, 9.17) is 10.5 Å². The molecule has 0 amide bonds. The molecular formula is C18H18N2O. The van der Waals surface area contributed by atoms with Crippen LogP contribution in [-0.2, 0) is 6.42 Å². The molecule has 1 aromatic heterocycles. The average molecular weight is 278 g/mol. The predicted molar refractivity (Wildman–Crippen MR) is 85.8 cm³/mol. The van der Waals surface area contributed by atoms with Crippen LogP contribution in [0.4, 0.5) is 0 Å². The third-order valence-corrected chi connectivity index (χ3v) is 3.43. The van der Waals surface area contributed by atoms with Gasteiger partial charge in [-0.3, -0.25) is 4.98 Å². The van der Waals surface area contributed by atoms with E-state index in [2.05, 4.69) is 24.0 Å². The molecule has 0 spiro atoms. The van der Waals surface area contributed by atoms with E-state index in [1.807, 2.05) is 36.4 Å². The molecule has 0 saturated carbocycles. The summed E-state index contributed by atoms with van der Waals surface area (Å²) in [6, 6.07) is 16.1. The fraction of sp³-hybridized carbons (Fsp3) is 0.167. The van der Waals surface area contributed by atoms with E-state index in [-0.39, 0.29) is 0 Å². The highest BCUT2D eigenvalue weighted by atomic mass is 16.5. The van der Waals surface area contributed by atoms with Crippen molar-refractivity contribution in [2.75, 3.05) is 6.54 Å². The summed E-state index contributed by atoms with van der Waals surface area (Å²) in [5, 5.41) is 1.11. The van der Waals surface area contributed by atoms with Gasteiger partial charge in [0.2, 0.25) is 0 Å². The summed E-state index contributed by atoms with van der Waals surface area (Å²) in [5.74, 6) is 1.66. The molecule has 3 aromatic rings. The number of aromatic nitrogens is 1. The van der Waals surface area contributed by atoms with Gasteiger partial charge in [-0.25, -0.2) is 0 Å². The first-order valence-electron chi connectivity index (χ1n) is 7.08. The number of fused-ring (bicyclic) bond motifs is 1. The van der Waals surface area contributed by atoms with Crippen molar-refractivity contribution in [1.29, 1.82) is 0 Å². The second kappa shape index (κ2) is 5.94. The molecule has 3 nitrogen and oxygen atoms in total.